The normalized spacial score (nSPS) is 16.7. The number of rotatable bonds is 3. The molecule has 4 rings (SSSR count). The number of hydrogen-bond donors (Lipinski definition) is 1. The Hall–Kier alpha value is -1.85. The van der Waals surface area contributed by atoms with Crippen LogP contribution in [-0.2, 0) is 19.3 Å². The van der Waals surface area contributed by atoms with E-state index in [-0.39, 0.29) is 18.3 Å². The molecule has 1 aliphatic carbocycles. The van der Waals surface area contributed by atoms with Gasteiger partial charge in [-0.1, -0.05) is 19.1 Å². The Labute approximate surface area is 161 Å². The molecule has 6 heteroatoms. The van der Waals surface area contributed by atoms with Gasteiger partial charge in [-0.3, -0.25) is 4.79 Å². The summed E-state index contributed by atoms with van der Waals surface area (Å²) >= 11 is 0. The fraction of sp³-hybridized carbons (Fsp3) is 0.500. The van der Waals surface area contributed by atoms with Crippen LogP contribution in [-0.4, -0.2) is 46.8 Å². The van der Waals surface area contributed by atoms with E-state index in [4.69, 9.17) is 5.10 Å². The third kappa shape index (κ3) is 3.51. The first-order chi connectivity index (χ1) is 12.3. The number of aryl methyl sites for hydroxylation is 1. The fourth-order valence-corrected chi connectivity index (χ4v) is 3.89. The van der Waals surface area contributed by atoms with E-state index >= 15 is 0 Å². The van der Waals surface area contributed by atoms with Crippen molar-refractivity contribution in [3.05, 3.63) is 46.8 Å². The van der Waals surface area contributed by atoms with E-state index in [1.807, 2.05) is 9.58 Å². The second-order valence-corrected chi connectivity index (χ2v) is 6.95. The number of hydrogen-bond acceptors (Lipinski definition) is 3. The molecule has 0 unspecified atom stereocenters. The quantitative estimate of drug-likeness (QED) is 0.898. The summed E-state index contributed by atoms with van der Waals surface area (Å²) < 4.78 is 2.01. The highest BCUT2D eigenvalue weighted by Crippen LogP contribution is 2.28. The van der Waals surface area contributed by atoms with Crippen LogP contribution in [0.15, 0.2) is 24.3 Å². The Morgan fingerprint density at radius 1 is 1.12 bits per heavy atom. The average molecular weight is 375 g/mol. The van der Waals surface area contributed by atoms with Crippen LogP contribution in [0.1, 0.15) is 47.1 Å². The Morgan fingerprint density at radius 2 is 1.92 bits per heavy atom. The van der Waals surface area contributed by atoms with Crippen LogP contribution in [0.4, 0.5) is 0 Å². The highest BCUT2D eigenvalue weighted by Gasteiger charge is 2.29. The minimum Gasteiger partial charge on any atom is -0.336 e. The van der Waals surface area contributed by atoms with E-state index in [0.717, 1.165) is 64.0 Å². The molecule has 1 fully saturated rings. The molecule has 0 atom stereocenters. The van der Waals surface area contributed by atoms with E-state index in [1.54, 1.807) is 0 Å². The maximum atomic E-state index is 13.1. The minimum atomic E-state index is 0. The zero-order valence-corrected chi connectivity index (χ0v) is 16.1. The number of halogens is 1. The van der Waals surface area contributed by atoms with Crippen molar-refractivity contribution < 1.29 is 4.79 Å². The highest BCUT2D eigenvalue weighted by molar-refractivity contribution is 5.94. The molecule has 1 amide bonds. The molecule has 1 saturated heterocycles. The molecular weight excluding hydrogens is 348 g/mol. The fourth-order valence-electron chi connectivity index (χ4n) is 3.89. The number of nitrogens with zero attached hydrogens (tertiary/aromatic N) is 3. The van der Waals surface area contributed by atoms with Gasteiger partial charge < -0.3 is 10.2 Å². The molecule has 5 nitrogen and oxygen atoms in total. The van der Waals surface area contributed by atoms with Gasteiger partial charge in [0.2, 0.25) is 0 Å². The first kappa shape index (κ1) is 18.9. The number of carbonyl (C=O) groups is 1. The molecule has 26 heavy (non-hydrogen) atoms. The van der Waals surface area contributed by atoms with Crippen LogP contribution in [0, 0.1) is 0 Å². The van der Waals surface area contributed by atoms with Crippen LogP contribution < -0.4 is 5.32 Å². The van der Waals surface area contributed by atoms with E-state index in [1.165, 1.54) is 16.8 Å². The van der Waals surface area contributed by atoms with E-state index < -0.39 is 0 Å². The van der Waals surface area contributed by atoms with Crippen molar-refractivity contribution in [2.75, 3.05) is 26.2 Å². The van der Waals surface area contributed by atoms with E-state index in [2.05, 4.69) is 36.5 Å². The molecule has 0 saturated carbocycles. The number of benzene rings is 1. The van der Waals surface area contributed by atoms with Crippen LogP contribution >= 0.6 is 12.4 Å². The average Bonchev–Trinajstić information content (AvgIpc) is 3.14. The number of aromatic nitrogens is 2. The largest absolute Gasteiger partial charge is 0.336 e. The van der Waals surface area contributed by atoms with Crippen molar-refractivity contribution in [3.63, 3.8) is 0 Å². The van der Waals surface area contributed by atoms with Gasteiger partial charge >= 0.3 is 0 Å². The minimum absolute atomic E-state index is 0. The molecule has 1 N–H and O–H groups in total. The van der Waals surface area contributed by atoms with E-state index in [9.17, 15) is 4.79 Å². The van der Waals surface area contributed by atoms with Gasteiger partial charge in [0.05, 0.1) is 5.69 Å². The van der Waals surface area contributed by atoms with Crippen LogP contribution in [0.5, 0.6) is 0 Å². The van der Waals surface area contributed by atoms with Crippen molar-refractivity contribution >= 4 is 18.3 Å². The van der Waals surface area contributed by atoms with Crippen molar-refractivity contribution in [1.82, 2.24) is 20.0 Å². The van der Waals surface area contributed by atoms with Gasteiger partial charge in [-0.15, -0.1) is 12.4 Å². The van der Waals surface area contributed by atoms with Crippen LogP contribution in [0.3, 0.4) is 0 Å². The SMILES string of the molecule is CCc1ccc(-n2nc(C(=O)N3CCCNCC3)c3c2CCC3)cc1.Cl. The molecule has 2 aromatic rings. The predicted octanol–water partition coefficient (Wildman–Crippen LogP) is 2.78. The predicted molar refractivity (Wildman–Crippen MR) is 106 cm³/mol. The van der Waals surface area contributed by atoms with Crippen LogP contribution in [0.2, 0.25) is 0 Å². The summed E-state index contributed by atoms with van der Waals surface area (Å²) in [5.74, 6) is 0.103. The molecule has 0 bridgehead atoms. The molecule has 0 spiro atoms. The number of fused-ring (bicyclic) bond motifs is 1. The van der Waals surface area contributed by atoms with Crippen molar-refractivity contribution in [1.29, 1.82) is 0 Å². The standard InChI is InChI=1S/C20H26N4O.ClH/c1-2-15-7-9-16(10-8-15)24-18-6-3-5-17(18)19(22-24)20(25)23-13-4-11-21-12-14-23;/h7-10,21H,2-6,11-14H2,1H3;1H. The zero-order chi connectivity index (χ0) is 17.2. The Bertz CT molecular complexity index is 761. The lowest BCUT2D eigenvalue weighted by Crippen LogP contribution is -2.35. The van der Waals surface area contributed by atoms with Gasteiger partial charge in [0, 0.05) is 30.9 Å². The smallest absolute Gasteiger partial charge is 0.274 e. The van der Waals surface area contributed by atoms with Crippen molar-refractivity contribution in [3.8, 4) is 5.69 Å². The summed E-state index contributed by atoms with van der Waals surface area (Å²) in [5.41, 5.74) is 5.45. The molecular formula is C20H27ClN4O. The summed E-state index contributed by atoms with van der Waals surface area (Å²) in [5, 5.41) is 8.13. The third-order valence-electron chi connectivity index (χ3n) is 5.35. The molecule has 1 aromatic heterocycles. The van der Waals surface area contributed by atoms with Gasteiger partial charge in [-0.2, -0.15) is 5.10 Å². The molecule has 0 radical (unpaired) electrons. The maximum absolute atomic E-state index is 13.1. The Morgan fingerprint density at radius 3 is 2.69 bits per heavy atom. The number of carbonyl (C=O) groups excluding carboxylic acids is 1. The van der Waals surface area contributed by atoms with Gasteiger partial charge in [-0.25, -0.2) is 4.68 Å². The maximum Gasteiger partial charge on any atom is 0.274 e. The third-order valence-corrected chi connectivity index (χ3v) is 5.35. The summed E-state index contributed by atoms with van der Waals surface area (Å²) in [7, 11) is 0. The summed E-state index contributed by atoms with van der Waals surface area (Å²) in [6, 6.07) is 8.55. The lowest BCUT2D eigenvalue weighted by atomic mass is 10.1. The van der Waals surface area contributed by atoms with Crippen molar-refractivity contribution in [2.45, 2.75) is 39.0 Å². The lowest BCUT2D eigenvalue weighted by molar-refractivity contribution is 0.0759. The lowest BCUT2D eigenvalue weighted by Gasteiger charge is -2.19. The molecule has 2 aliphatic rings. The second kappa shape index (κ2) is 8.23. The first-order valence-electron chi connectivity index (χ1n) is 9.48. The topological polar surface area (TPSA) is 50.2 Å². The monoisotopic (exact) mass is 374 g/mol. The number of amides is 1. The zero-order valence-electron chi connectivity index (χ0n) is 15.3. The molecule has 2 heterocycles. The van der Waals surface area contributed by atoms with Gasteiger partial charge in [0.15, 0.2) is 5.69 Å². The first-order valence-corrected chi connectivity index (χ1v) is 9.48. The van der Waals surface area contributed by atoms with Gasteiger partial charge in [-0.05, 0) is 56.3 Å². The van der Waals surface area contributed by atoms with Crippen LogP contribution in [0.25, 0.3) is 5.69 Å². The summed E-state index contributed by atoms with van der Waals surface area (Å²) in [6.45, 7) is 5.60. The number of nitrogens with one attached hydrogen (secondary N) is 1. The van der Waals surface area contributed by atoms with E-state index in [0.29, 0.717) is 5.69 Å². The van der Waals surface area contributed by atoms with Gasteiger partial charge in [0.25, 0.3) is 5.91 Å². The summed E-state index contributed by atoms with van der Waals surface area (Å²) in [6.07, 6.45) is 5.13. The second-order valence-electron chi connectivity index (χ2n) is 6.95. The Balaban J connectivity index is 0.00000196. The molecule has 1 aliphatic heterocycles. The van der Waals surface area contributed by atoms with Crippen molar-refractivity contribution in [2.24, 2.45) is 0 Å². The van der Waals surface area contributed by atoms with Gasteiger partial charge in [0.1, 0.15) is 0 Å². The molecule has 140 valence electrons. The summed E-state index contributed by atoms with van der Waals surface area (Å²) in [4.78, 5) is 15.0. The molecule has 1 aromatic carbocycles. The highest BCUT2D eigenvalue weighted by atomic mass is 35.5. The Kier molecular flexibility index (Phi) is 5.99.